The SMILES string of the molecule is Cc1ccc(-c2nnc(-c3nn(C)c4c3CN(S(=O)(=O)c3ccc(F)c(C)c3)CC4)o2)cc1. The fourth-order valence-corrected chi connectivity index (χ4v) is 5.50. The molecule has 3 heterocycles. The lowest BCUT2D eigenvalue weighted by atomic mass is 10.1. The van der Waals surface area contributed by atoms with Crippen molar-refractivity contribution in [3.8, 4) is 23.0 Å². The van der Waals surface area contributed by atoms with Gasteiger partial charge < -0.3 is 4.42 Å². The van der Waals surface area contributed by atoms with Crippen molar-refractivity contribution in [2.45, 2.75) is 31.7 Å². The number of aryl methyl sites for hydroxylation is 3. The zero-order valence-electron chi connectivity index (χ0n) is 18.4. The molecule has 1 aliphatic heterocycles. The maximum Gasteiger partial charge on any atom is 0.268 e. The number of aromatic nitrogens is 4. The van der Waals surface area contributed by atoms with Crippen LogP contribution in [0.4, 0.5) is 4.39 Å². The van der Waals surface area contributed by atoms with E-state index in [9.17, 15) is 12.8 Å². The molecule has 4 aromatic rings. The van der Waals surface area contributed by atoms with E-state index in [0.29, 0.717) is 24.6 Å². The van der Waals surface area contributed by atoms with E-state index in [2.05, 4.69) is 15.3 Å². The average Bonchev–Trinajstić information content (AvgIpc) is 3.41. The number of hydrogen-bond donors (Lipinski definition) is 0. The van der Waals surface area contributed by atoms with Crippen LogP contribution in [0, 0.1) is 19.7 Å². The Balaban J connectivity index is 1.49. The van der Waals surface area contributed by atoms with Gasteiger partial charge in [-0.25, -0.2) is 12.8 Å². The molecule has 0 spiro atoms. The number of sulfonamides is 1. The lowest BCUT2D eigenvalue weighted by molar-refractivity contribution is 0.386. The minimum atomic E-state index is -3.81. The number of benzene rings is 2. The van der Waals surface area contributed by atoms with E-state index in [0.717, 1.165) is 22.4 Å². The van der Waals surface area contributed by atoms with Gasteiger partial charge in [0.1, 0.15) is 5.82 Å². The van der Waals surface area contributed by atoms with Crippen LogP contribution < -0.4 is 0 Å². The third kappa shape index (κ3) is 3.75. The summed E-state index contributed by atoms with van der Waals surface area (Å²) in [6.07, 6.45) is 0.483. The summed E-state index contributed by atoms with van der Waals surface area (Å²) in [5, 5.41) is 12.9. The van der Waals surface area contributed by atoms with Gasteiger partial charge >= 0.3 is 0 Å². The molecule has 33 heavy (non-hydrogen) atoms. The molecule has 0 bridgehead atoms. The molecule has 0 atom stereocenters. The van der Waals surface area contributed by atoms with Crippen molar-refractivity contribution in [3.63, 3.8) is 0 Å². The van der Waals surface area contributed by atoms with Crippen molar-refractivity contribution < 1.29 is 17.2 Å². The maximum absolute atomic E-state index is 13.7. The van der Waals surface area contributed by atoms with Crippen LogP contribution in [0.2, 0.25) is 0 Å². The van der Waals surface area contributed by atoms with Gasteiger partial charge in [-0.3, -0.25) is 4.68 Å². The number of rotatable bonds is 4. The molecule has 0 amide bonds. The summed E-state index contributed by atoms with van der Waals surface area (Å²) in [5.41, 5.74) is 4.31. The zero-order chi connectivity index (χ0) is 23.3. The van der Waals surface area contributed by atoms with Crippen molar-refractivity contribution in [1.29, 1.82) is 0 Å². The second kappa shape index (κ2) is 7.89. The lowest BCUT2D eigenvalue weighted by Crippen LogP contribution is -2.36. The van der Waals surface area contributed by atoms with Gasteiger partial charge in [0.2, 0.25) is 15.9 Å². The van der Waals surface area contributed by atoms with Crippen molar-refractivity contribution in [2.24, 2.45) is 7.05 Å². The molecule has 2 aromatic carbocycles. The van der Waals surface area contributed by atoms with Crippen LogP contribution in [0.3, 0.4) is 0 Å². The molecule has 0 radical (unpaired) electrons. The smallest absolute Gasteiger partial charge is 0.268 e. The number of fused-ring (bicyclic) bond motifs is 1. The summed E-state index contributed by atoms with van der Waals surface area (Å²) >= 11 is 0. The van der Waals surface area contributed by atoms with Crippen LogP contribution in [-0.4, -0.2) is 39.2 Å². The van der Waals surface area contributed by atoms with Crippen molar-refractivity contribution >= 4 is 10.0 Å². The predicted octanol–water partition coefficient (Wildman–Crippen LogP) is 3.64. The van der Waals surface area contributed by atoms with E-state index in [1.165, 1.54) is 22.5 Å². The van der Waals surface area contributed by atoms with Crippen molar-refractivity contribution in [2.75, 3.05) is 6.54 Å². The second-order valence-electron chi connectivity index (χ2n) is 8.18. The largest absolute Gasteiger partial charge is 0.415 e. The standard InChI is InChI=1S/C23H22FN5O3S/c1-14-4-6-16(7-5-14)22-25-26-23(32-22)21-18-13-29(11-10-20(18)28(3)27-21)33(30,31)17-8-9-19(24)15(2)12-17/h4-9,12H,10-11,13H2,1-3H3. The second-order valence-corrected chi connectivity index (χ2v) is 10.1. The van der Waals surface area contributed by atoms with Gasteiger partial charge in [0, 0.05) is 43.4 Å². The Labute approximate surface area is 190 Å². The summed E-state index contributed by atoms with van der Waals surface area (Å²) in [4.78, 5) is 0.0646. The van der Waals surface area contributed by atoms with Gasteiger partial charge in [-0.2, -0.15) is 9.40 Å². The van der Waals surface area contributed by atoms with E-state index in [1.807, 2.05) is 38.2 Å². The lowest BCUT2D eigenvalue weighted by Gasteiger charge is -2.27. The maximum atomic E-state index is 13.7. The van der Waals surface area contributed by atoms with Crippen LogP contribution in [-0.2, 0) is 30.0 Å². The van der Waals surface area contributed by atoms with E-state index < -0.39 is 15.8 Å². The molecule has 10 heteroatoms. The first-order valence-corrected chi connectivity index (χ1v) is 11.9. The number of nitrogens with zero attached hydrogens (tertiary/aromatic N) is 5. The summed E-state index contributed by atoms with van der Waals surface area (Å²) in [5.74, 6) is 0.163. The number of hydrogen-bond acceptors (Lipinski definition) is 6. The zero-order valence-corrected chi connectivity index (χ0v) is 19.2. The summed E-state index contributed by atoms with van der Waals surface area (Å²) in [6.45, 7) is 3.95. The fraction of sp³-hybridized carbons (Fsp3) is 0.261. The van der Waals surface area contributed by atoms with Gasteiger partial charge in [0.25, 0.3) is 5.89 Å². The van der Waals surface area contributed by atoms with E-state index in [4.69, 9.17) is 4.42 Å². The van der Waals surface area contributed by atoms with Crippen LogP contribution in [0.25, 0.3) is 23.0 Å². The van der Waals surface area contributed by atoms with Gasteiger partial charge in [-0.05, 0) is 49.7 Å². The van der Waals surface area contributed by atoms with Crippen LogP contribution in [0.1, 0.15) is 22.4 Å². The molecule has 2 aromatic heterocycles. The van der Waals surface area contributed by atoms with Gasteiger partial charge in [0.15, 0.2) is 5.69 Å². The highest BCUT2D eigenvalue weighted by atomic mass is 32.2. The van der Waals surface area contributed by atoms with E-state index in [1.54, 1.807) is 11.6 Å². The highest BCUT2D eigenvalue weighted by Crippen LogP contribution is 2.33. The third-order valence-corrected chi connectivity index (χ3v) is 7.74. The van der Waals surface area contributed by atoms with Crippen molar-refractivity contribution in [1.82, 2.24) is 24.3 Å². The molecule has 0 fully saturated rings. The molecule has 0 N–H and O–H groups in total. The molecule has 0 saturated heterocycles. The van der Waals surface area contributed by atoms with Gasteiger partial charge in [-0.1, -0.05) is 17.7 Å². The van der Waals surface area contributed by atoms with Crippen molar-refractivity contribution in [3.05, 3.63) is 70.7 Å². The van der Waals surface area contributed by atoms with E-state index in [-0.39, 0.29) is 22.9 Å². The van der Waals surface area contributed by atoms with Crippen LogP contribution in [0.5, 0.6) is 0 Å². The van der Waals surface area contributed by atoms with Gasteiger partial charge in [0.05, 0.1) is 4.90 Å². The van der Waals surface area contributed by atoms with Crippen LogP contribution >= 0.6 is 0 Å². The fourth-order valence-electron chi connectivity index (χ4n) is 4.00. The molecule has 5 rings (SSSR count). The Morgan fingerprint density at radius 1 is 1.03 bits per heavy atom. The highest BCUT2D eigenvalue weighted by molar-refractivity contribution is 7.89. The Bertz CT molecular complexity index is 1460. The minimum Gasteiger partial charge on any atom is -0.415 e. The first-order chi connectivity index (χ1) is 15.7. The number of halogens is 1. The van der Waals surface area contributed by atoms with Crippen LogP contribution in [0.15, 0.2) is 51.8 Å². The monoisotopic (exact) mass is 467 g/mol. The molecule has 8 nitrogen and oxygen atoms in total. The first kappa shape index (κ1) is 21.5. The topological polar surface area (TPSA) is 94.1 Å². The summed E-state index contributed by atoms with van der Waals surface area (Å²) in [7, 11) is -2.00. The minimum absolute atomic E-state index is 0.0646. The summed E-state index contributed by atoms with van der Waals surface area (Å²) in [6, 6.07) is 11.6. The molecule has 1 aliphatic rings. The molecule has 170 valence electrons. The average molecular weight is 468 g/mol. The quantitative estimate of drug-likeness (QED) is 0.455. The third-order valence-electron chi connectivity index (χ3n) is 5.90. The highest BCUT2D eigenvalue weighted by Gasteiger charge is 2.33. The Hall–Kier alpha value is -3.37. The predicted molar refractivity (Wildman–Crippen MR) is 119 cm³/mol. The Morgan fingerprint density at radius 2 is 1.76 bits per heavy atom. The molecule has 0 unspecified atom stereocenters. The molecular formula is C23H22FN5O3S. The molecule has 0 aliphatic carbocycles. The Kier molecular flexibility index (Phi) is 5.13. The van der Waals surface area contributed by atoms with Gasteiger partial charge in [-0.15, -0.1) is 10.2 Å². The molecular weight excluding hydrogens is 445 g/mol. The summed E-state index contributed by atoms with van der Waals surface area (Å²) < 4.78 is 49.2. The van der Waals surface area contributed by atoms with E-state index >= 15 is 0 Å². The Morgan fingerprint density at radius 3 is 2.48 bits per heavy atom. The molecule has 0 saturated carbocycles. The first-order valence-electron chi connectivity index (χ1n) is 10.5. The normalized spacial score (nSPS) is 14.4.